The molecule has 1 atom stereocenters. The maximum Gasteiger partial charge on any atom is 0.322 e. The number of rotatable bonds is 8. The normalized spacial score (nSPS) is 11.7. The van der Waals surface area contributed by atoms with E-state index in [0.29, 0.717) is 19.6 Å². The topological polar surface area (TPSA) is 56.8 Å². The molecule has 0 aromatic heterocycles. The Balaban J connectivity index is 2.43. The first-order valence-electron chi connectivity index (χ1n) is 6.32. The highest BCUT2D eigenvalue weighted by Gasteiger charge is 2.16. The monoisotopic (exact) mass is 267 g/mol. The van der Waals surface area contributed by atoms with Crippen molar-refractivity contribution in [1.82, 2.24) is 5.32 Å². The Hall–Kier alpha value is -1.75. The predicted octanol–water partition coefficient (Wildman–Crippen LogP) is 1.62. The molecule has 0 aliphatic carbocycles. The summed E-state index contributed by atoms with van der Waals surface area (Å²) < 4.78 is 15.7. The van der Waals surface area contributed by atoms with Crippen molar-refractivity contribution >= 4 is 5.97 Å². The molecule has 1 N–H and O–H groups in total. The van der Waals surface area contributed by atoms with Crippen LogP contribution in [0.4, 0.5) is 0 Å². The van der Waals surface area contributed by atoms with Gasteiger partial charge in [0, 0.05) is 12.5 Å². The molecule has 0 amide bonds. The standard InChI is InChI=1S/C14H21NO4/c1-4-18-11-6-5-7-12(10-11)19-9-8-13(15-2)14(16)17-3/h5-7,10,13,15H,4,8-9H2,1-3H3. The molecule has 1 unspecified atom stereocenters. The second-order valence-corrected chi connectivity index (χ2v) is 3.91. The van der Waals surface area contributed by atoms with Crippen LogP contribution in [0.1, 0.15) is 13.3 Å². The molecule has 1 rings (SSSR count). The van der Waals surface area contributed by atoms with Gasteiger partial charge in [-0.2, -0.15) is 0 Å². The van der Waals surface area contributed by atoms with Crippen molar-refractivity contribution in [2.45, 2.75) is 19.4 Å². The van der Waals surface area contributed by atoms with Crippen molar-refractivity contribution in [2.75, 3.05) is 27.4 Å². The van der Waals surface area contributed by atoms with E-state index >= 15 is 0 Å². The number of methoxy groups -OCH3 is 1. The number of nitrogens with one attached hydrogen (secondary N) is 1. The zero-order valence-electron chi connectivity index (χ0n) is 11.6. The summed E-state index contributed by atoms with van der Waals surface area (Å²) in [5.74, 6) is 1.22. The van der Waals surface area contributed by atoms with Gasteiger partial charge in [-0.15, -0.1) is 0 Å². The fraction of sp³-hybridized carbons (Fsp3) is 0.500. The molecule has 1 aromatic rings. The third kappa shape index (κ3) is 5.18. The van der Waals surface area contributed by atoms with Crippen LogP contribution in [0.5, 0.6) is 11.5 Å². The zero-order chi connectivity index (χ0) is 14.1. The fourth-order valence-electron chi connectivity index (χ4n) is 1.64. The lowest BCUT2D eigenvalue weighted by atomic mass is 10.2. The lowest BCUT2D eigenvalue weighted by Gasteiger charge is -2.14. The lowest BCUT2D eigenvalue weighted by molar-refractivity contribution is -0.143. The summed E-state index contributed by atoms with van der Waals surface area (Å²) in [6.07, 6.45) is 0.544. The number of benzene rings is 1. The van der Waals surface area contributed by atoms with E-state index in [1.807, 2.05) is 31.2 Å². The largest absolute Gasteiger partial charge is 0.494 e. The van der Waals surface area contributed by atoms with Crippen LogP contribution < -0.4 is 14.8 Å². The van der Waals surface area contributed by atoms with E-state index in [4.69, 9.17) is 9.47 Å². The van der Waals surface area contributed by atoms with Crippen molar-refractivity contribution in [1.29, 1.82) is 0 Å². The van der Waals surface area contributed by atoms with Crippen LogP contribution in [0.2, 0.25) is 0 Å². The van der Waals surface area contributed by atoms with Crippen LogP contribution in [0.3, 0.4) is 0 Å². The van der Waals surface area contributed by atoms with Gasteiger partial charge in [0.25, 0.3) is 0 Å². The Kier molecular flexibility index (Phi) is 6.74. The summed E-state index contributed by atoms with van der Waals surface area (Å²) in [6.45, 7) is 2.98. The van der Waals surface area contributed by atoms with E-state index in [9.17, 15) is 4.79 Å². The lowest BCUT2D eigenvalue weighted by Crippen LogP contribution is -2.36. The molecule has 1 aromatic carbocycles. The van der Waals surface area contributed by atoms with Crippen molar-refractivity contribution in [2.24, 2.45) is 0 Å². The third-order valence-corrected chi connectivity index (χ3v) is 2.63. The van der Waals surface area contributed by atoms with Crippen LogP contribution in [0.25, 0.3) is 0 Å². The van der Waals surface area contributed by atoms with Gasteiger partial charge in [-0.05, 0) is 26.1 Å². The number of carbonyl (C=O) groups excluding carboxylic acids is 1. The first-order valence-corrected chi connectivity index (χ1v) is 6.32. The summed E-state index contributed by atoms with van der Waals surface area (Å²) in [6, 6.07) is 7.09. The van der Waals surface area contributed by atoms with Crippen molar-refractivity contribution < 1.29 is 19.0 Å². The van der Waals surface area contributed by atoms with E-state index < -0.39 is 0 Å². The zero-order valence-corrected chi connectivity index (χ0v) is 11.6. The molecule has 0 radical (unpaired) electrons. The third-order valence-electron chi connectivity index (χ3n) is 2.63. The molecule has 0 aliphatic heterocycles. The minimum Gasteiger partial charge on any atom is -0.494 e. The Morgan fingerprint density at radius 3 is 2.58 bits per heavy atom. The molecule has 0 saturated heterocycles. The summed E-state index contributed by atoms with van der Waals surface area (Å²) in [7, 11) is 3.09. The van der Waals surface area contributed by atoms with Gasteiger partial charge in [-0.25, -0.2) is 0 Å². The van der Waals surface area contributed by atoms with Crippen LogP contribution in [0.15, 0.2) is 24.3 Å². The van der Waals surface area contributed by atoms with Gasteiger partial charge in [0.15, 0.2) is 0 Å². The Morgan fingerprint density at radius 1 is 1.32 bits per heavy atom. The number of hydrogen-bond acceptors (Lipinski definition) is 5. The average molecular weight is 267 g/mol. The molecule has 19 heavy (non-hydrogen) atoms. The molecule has 0 saturated carbocycles. The number of carbonyl (C=O) groups is 1. The second-order valence-electron chi connectivity index (χ2n) is 3.91. The molecule has 0 heterocycles. The van der Waals surface area contributed by atoms with E-state index in [0.717, 1.165) is 11.5 Å². The highest BCUT2D eigenvalue weighted by molar-refractivity contribution is 5.75. The first kappa shape index (κ1) is 15.3. The number of esters is 1. The number of hydrogen-bond donors (Lipinski definition) is 1. The average Bonchev–Trinajstić information content (AvgIpc) is 2.44. The van der Waals surface area contributed by atoms with Crippen LogP contribution >= 0.6 is 0 Å². The minimum atomic E-state index is -0.347. The van der Waals surface area contributed by atoms with Gasteiger partial charge in [-0.1, -0.05) is 6.07 Å². The summed E-state index contributed by atoms with van der Waals surface area (Å²) >= 11 is 0. The Morgan fingerprint density at radius 2 is 2.00 bits per heavy atom. The molecule has 0 fully saturated rings. The van der Waals surface area contributed by atoms with Gasteiger partial charge in [-0.3, -0.25) is 4.79 Å². The van der Waals surface area contributed by atoms with E-state index in [-0.39, 0.29) is 12.0 Å². The Bertz CT molecular complexity index is 395. The molecule has 5 nitrogen and oxygen atoms in total. The molecular weight excluding hydrogens is 246 g/mol. The van der Waals surface area contributed by atoms with Crippen LogP contribution in [0, 0.1) is 0 Å². The van der Waals surface area contributed by atoms with Crippen molar-refractivity contribution in [3.05, 3.63) is 24.3 Å². The molecule has 0 spiro atoms. The molecule has 5 heteroatoms. The van der Waals surface area contributed by atoms with Gasteiger partial charge in [0.2, 0.25) is 0 Å². The fourth-order valence-corrected chi connectivity index (χ4v) is 1.64. The van der Waals surface area contributed by atoms with Crippen LogP contribution in [-0.4, -0.2) is 39.4 Å². The summed E-state index contributed by atoms with van der Waals surface area (Å²) in [4.78, 5) is 11.4. The molecular formula is C14H21NO4. The molecule has 0 aliphatic rings. The predicted molar refractivity (Wildman–Crippen MR) is 72.6 cm³/mol. The summed E-state index contributed by atoms with van der Waals surface area (Å²) in [5, 5.41) is 2.89. The number of likely N-dealkylation sites (N-methyl/N-ethyl adjacent to an activating group) is 1. The van der Waals surface area contributed by atoms with E-state index in [1.54, 1.807) is 7.05 Å². The Labute approximate surface area is 113 Å². The second kappa shape index (κ2) is 8.37. The molecule has 0 bridgehead atoms. The van der Waals surface area contributed by atoms with Crippen molar-refractivity contribution in [3.63, 3.8) is 0 Å². The quantitative estimate of drug-likeness (QED) is 0.725. The van der Waals surface area contributed by atoms with Crippen LogP contribution in [-0.2, 0) is 9.53 Å². The van der Waals surface area contributed by atoms with Gasteiger partial charge in [0.05, 0.1) is 20.3 Å². The number of ether oxygens (including phenoxy) is 3. The minimum absolute atomic E-state index is 0.283. The molecule has 106 valence electrons. The highest BCUT2D eigenvalue weighted by atomic mass is 16.5. The van der Waals surface area contributed by atoms with Gasteiger partial charge in [0.1, 0.15) is 17.5 Å². The van der Waals surface area contributed by atoms with E-state index in [1.165, 1.54) is 7.11 Å². The van der Waals surface area contributed by atoms with Gasteiger partial charge >= 0.3 is 5.97 Å². The van der Waals surface area contributed by atoms with Gasteiger partial charge < -0.3 is 19.5 Å². The highest BCUT2D eigenvalue weighted by Crippen LogP contribution is 2.19. The maximum atomic E-state index is 11.4. The first-order chi connectivity index (χ1) is 9.21. The van der Waals surface area contributed by atoms with E-state index in [2.05, 4.69) is 10.1 Å². The SMILES string of the molecule is CCOc1cccc(OCCC(NC)C(=O)OC)c1. The summed E-state index contributed by atoms with van der Waals surface area (Å²) in [5.41, 5.74) is 0. The maximum absolute atomic E-state index is 11.4. The van der Waals surface area contributed by atoms with Crippen molar-refractivity contribution in [3.8, 4) is 11.5 Å². The smallest absolute Gasteiger partial charge is 0.322 e.